The van der Waals surface area contributed by atoms with Gasteiger partial charge < -0.3 is 4.90 Å². The number of fused-ring (bicyclic) bond motifs is 1. The molecule has 0 bridgehead atoms. The van der Waals surface area contributed by atoms with Gasteiger partial charge in [0.15, 0.2) is 0 Å². The zero-order valence-electron chi connectivity index (χ0n) is 17.3. The first-order valence-electron chi connectivity index (χ1n) is 10.4. The Labute approximate surface area is 181 Å². The summed E-state index contributed by atoms with van der Waals surface area (Å²) >= 11 is 3.56. The summed E-state index contributed by atoms with van der Waals surface area (Å²) in [6.07, 6.45) is 2.19. The lowest BCUT2D eigenvalue weighted by molar-refractivity contribution is 0.0625. The molecular formula is C25H27BrN2O. The summed E-state index contributed by atoms with van der Waals surface area (Å²) in [5.41, 5.74) is 4.79. The van der Waals surface area contributed by atoms with E-state index in [9.17, 15) is 4.79 Å². The van der Waals surface area contributed by atoms with Crippen LogP contribution in [0.25, 0.3) is 22.2 Å². The van der Waals surface area contributed by atoms with Gasteiger partial charge in [-0.05, 0) is 54.5 Å². The van der Waals surface area contributed by atoms with Crippen LogP contribution in [0.5, 0.6) is 0 Å². The SMILES string of the molecule is CCc1ccc(-c2cc(C(=O)N3C[C@H](C)C[C@@H](C)C3)c3cc(Br)ccc3n2)cc1. The molecule has 3 aromatic rings. The van der Waals surface area contributed by atoms with Gasteiger partial charge in [-0.15, -0.1) is 0 Å². The fourth-order valence-electron chi connectivity index (χ4n) is 4.43. The lowest BCUT2D eigenvalue weighted by Gasteiger charge is -2.35. The maximum Gasteiger partial charge on any atom is 0.254 e. The van der Waals surface area contributed by atoms with Crippen LogP contribution in [0.3, 0.4) is 0 Å². The van der Waals surface area contributed by atoms with E-state index in [0.717, 1.165) is 51.7 Å². The Morgan fingerprint density at radius 3 is 2.41 bits per heavy atom. The first kappa shape index (κ1) is 20.1. The second-order valence-electron chi connectivity index (χ2n) is 8.42. The van der Waals surface area contributed by atoms with Crippen LogP contribution in [0.2, 0.25) is 0 Å². The van der Waals surface area contributed by atoms with Gasteiger partial charge >= 0.3 is 0 Å². The van der Waals surface area contributed by atoms with Crippen LogP contribution in [0.4, 0.5) is 0 Å². The number of nitrogens with zero attached hydrogens (tertiary/aromatic N) is 2. The Hall–Kier alpha value is -2.20. The number of aromatic nitrogens is 1. The minimum atomic E-state index is 0.111. The number of halogens is 1. The van der Waals surface area contributed by atoms with Crippen LogP contribution in [0.1, 0.15) is 43.1 Å². The number of hydrogen-bond acceptors (Lipinski definition) is 2. The number of likely N-dealkylation sites (tertiary alicyclic amines) is 1. The predicted octanol–water partition coefficient (Wildman–Crippen LogP) is 6.34. The molecule has 0 saturated carbocycles. The molecule has 1 fully saturated rings. The van der Waals surface area contributed by atoms with Crippen molar-refractivity contribution in [3.63, 3.8) is 0 Å². The molecule has 3 nitrogen and oxygen atoms in total. The highest BCUT2D eigenvalue weighted by atomic mass is 79.9. The van der Waals surface area contributed by atoms with Gasteiger partial charge in [0.25, 0.3) is 5.91 Å². The number of hydrogen-bond donors (Lipinski definition) is 0. The van der Waals surface area contributed by atoms with Gasteiger partial charge in [-0.25, -0.2) is 4.98 Å². The first-order valence-corrected chi connectivity index (χ1v) is 11.2. The number of aryl methyl sites for hydroxylation is 1. The minimum absolute atomic E-state index is 0.111. The monoisotopic (exact) mass is 450 g/mol. The van der Waals surface area contributed by atoms with E-state index in [-0.39, 0.29) is 5.91 Å². The van der Waals surface area contributed by atoms with E-state index < -0.39 is 0 Å². The first-order chi connectivity index (χ1) is 13.9. The topological polar surface area (TPSA) is 33.2 Å². The summed E-state index contributed by atoms with van der Waals surface area (Å²) in [7, 11) is 0. The van der Waals surface area contributed by atoms with E-state index in [1.54, 1.807) is 0 Å². The van der Waals surface area contributed by atoms with Crippen molar-refractivity contribution < 1.29 is 4.79 Å². The largest absolute Gasteiger partial charge is 0.338 e. The normalized spacial score (nSPS) is 19.5. The summed E-state index contributed by atoms with van der Waals surface area (Å²) in [6.45, 7) is 8.26. The molecule has 4 rings (SSSR count). The highest BCUT2D eigenvalue weighted by Crippen LogP contribution is 2.30. The predicted molar refractivity (Wildman–Crippen MR) is 123 cm³/mol. The summed E-state index contributed by atoms with van der Waals surface area (Å²) < 4.78 is 0.960. The zero-order valence-corrected chi connectivity index (χ0v) is 18.9. The third-order valence-electron chi connectivity index (χ3n) is 5.82. The molecule has 1 aliphatic heterocycles. The smallest absolute Gasteiger partial charge is 0.254 e. The molecule has 1 aliphatic rings. The van der Waals surface area contributed by atoms with Gasteiger partial charge in [-0.3, -0.25) is 4.79 Å². The maximum atomic E-state index is 13.6. The Bertz CT molecular complexity index is 1030. The van der Waals surface area contributed by atoms with Crippen molar-refractivity contribution in [2.24, 2.45) is 11.8 Å². The van der Waals surface area contributed by atoms with E-state index >= 15 is 0 Å². The van der Waals surface area contributed by atoms with E-state index in [2.05, 4.69) is 61.0 Å². The molecule has 150 valence electrons. The van der Waals surface area contributed by atoms with Crippen molar-refractivity contribution in [2.45, 2.75) is 33.6 Å². The Kier molecular flexibility index (Phi) is 5.73. The summed E-state index contributed by atoms with van der Waals surface area (Å²) in [5, 5.41) is 0.907. The van der Waals surface area contributed by atoms with Crippen molar-refractivity contribution in [1.29, 1.82) is 0 Å². The third-order valence-corrected chi connectivity index (χ3v) is 6.31. The second kappa shape index (κ2) is 8.27. The summed E-state index contributed by atoms with van der Waals surface area (Å²) in [5.74, 6) is 1.17. The number of benzene rings is 2. The lowest BCUT2D eigenvalue weighted by Crippen LogP contribution is -2.42. The standard InChI is InChI=1S/C25H27BrN2O/c1-4-18-5-7-19(8-6-18)24-13-22(21-12-20(26)9-10-23(21)27-24)25(29)28-14-16(2)11-17(3)15-28/h5-10,12-13,16-17H,4,11,14-15H2,1-3H3/t16-,17-/m1/s1. The Morgan fingerprint density at radius 2 is 1.76 bits per heavy atom. The zero-order chi connectivity index (χ0) is 20.5. The molecule has 1 aromatic heterocycles. The number of pyridine rings is 1. The van der Waals surface area contributed by atoms with Gasteiger partial charge in [0.1, 0.15) is 0 Å². The summed E-state index contributed by atoms with van der Waals surface area (Å²) in [4.78, 5) is 20.5. The van der Waals surface area contributed by atoms with Crippen LogP contribution >= 0.6 is 15.9 Å². The molecule has 0 unspecified atom stereocenters. The molecule has 1 saturated heterocycles. The van der Waals surface area contributed by atoms with Crippen molar-refractivity contribution in [1.82, 2.24) is 9.88 Å². The quantitative estimate of drug-likeness (QED) is 0.465. The third kappa shape index (κ3) is 4.23. The van der Waals surface area contributed by atoms with Gasteiger partial charge in [-0.2, -0.15) is 0 Å². The highest BCUT2D eigenvalue weighted by molar-refractivity contribution is 9.10. The number of carbonyl (C=O) groups excluding carboxylic acids is 1. The molecular weight excluding hydrogens is 424 g/mol. The van der Waals surface area contributed by atoms with Crippen LogP contribution in [0.15, 0.2) is 53.0 Å². The Balaban J connectivity index is 1.82. The molecule has 2 atom stereocenters. The number of amides is 1. The van der Waals surface area contributed by atoms with E-state index in [1.165, 1.54) is 12.0 Å². The Morgan fingerprint density at radius 1 is 1.07 bits per heavy atom. The average Bonchev–Trinajstić information content (AvgIpc) is 2.72. The minimum Gasteiger partial charge on any atom is -0.338 e. The van der Waals surface area contributed by atoms with Gasteiger partial charge in [0.2, 0.25) is 0 Å². The van der Waals surface area contributed by atoms with Gasteiger partial charge in [-0.1, -0.05) is 61.0 Å². The van der Waals surface area contributed by atoms with Crippen LogP contribution < -0.4 is 0 Å². The molecule has 4 heteroatoms. The molecule has 2 aromatic carbocycles. The number of rotatable bonds is 3. The molecule has 0 spiro atoms. The van der Waals surface area contributed by atoms with Gasteiger partial charge in [0.05, 0.1) is 16.8 Å². The van der Waals surface area contributed by atoms with Crippen molar-refractivity contribution in [3.8, 4) is 11.3 Å². The highest BCUT2D eigenvalue weighted by Gasteiger charge is 2.27. The number of piperidine rings is 1. The summed E-state index contributed by atoms with van der Waals surface area (Å²) in [6, 6.07) is 16.4. The molecule has 1 amide bonds. The van der Waals surface area contributed by atoms with Gasteiger partial charge in [0, 0.05) is 28.5 Å². The molecule has 0 radical (unpaired) electrons. The lowest BCUT2D eigenvalue weighted by atomic mass is 9.91. The maximum absolute atomic E-state index is 13.6. The molecule has 29 heavy (non-hydrogen) atoms. The van der Waals surface area contributed by atoms with E-state index in [4.69, 9.17) is 4.98 Å². The van der Waals surface area contributed by atoms with Crippen molar-refractivity contribution in [2.75, 3.05) is 13.1 Å². The van der Waals surface area contributed by atoms with E-state index in [0.29, 0.717) is 11.8 Å². The van der Waals surface area contributed by atoms with E-state index in [1.807, 2.05) is 29.2 Å². The van der Waals surface area contributed by atoms with Crippen LogP contribution in [-0.2, 0) is 6.42 Å². The molecule has 2 heterocycles. The van der Waals surface area contributed by atoms with Crippen molar-refractivity contribution in [3.05, 3.63) is 64.1 Å². The second-order valence-corrected chi connectivity index (χ2v) is 9.34. The van der Waals surface area contributed by atoms with Crippen LogP contribution in [0, 0.1) is 11.8 Å². The average molecular weight is 451 g/mol. The van der Waals surface area contributed by atoms with Crippen molar-refractivity contribution >= 4 is 32.7 Å². The fourth-order valence-corrected chi connectivity index (χ4v) is 4.79. The number of carbonyl (C=O) groups is 1. The molecule has 0 N–H and O–H groups in total. The molecule has 0 aliphatic carbocycles. The fraction of sp³-hybridized carbons (Fsp3) is 0.360. The van der Waals surface area contributed by atoms with Crippen LogP contribution in [-0.4, -0.2) is 28.9 Å².